The van der Waals surface area contributed by atoms with Crippen molar-refractivity contribution in [3.8, 4) is 67.3 Å². The van der Waals surface area contributed by atoms with E-state index < -0.39 is 5.41 Å². The zero-order valence-corrected chi connectivity index (χ0v) is 32.4. The highest BCUT2D eigenvalue weighted by Crippen LogP contribution is 2.63. The predicted molar refractivity (Wildman–Crippen MR) is 245 cm³/mol. The first-order valence-electron chi connectivity index (χ1n) is 20.6. The number of hydrogen-bond acceptors (Lipinski definition) is 3. The molecule has 0 amide bonds. The van der Waals surface area contributed by atoms with E-state index in [1.165, 1.54) is 60.8 Å². The Bertz CT molecular complexity index is 3520. The van der Waals surface area contributed by atoms with Crippen molar-refractivity contribution in [1.29, 1.82) is 0 Å². The number of furan rings is 1. The van der Waals surface area contributed by atoms with Gasteiger partial charge in [-0.1, -0.05) is 188 Å². The molecule has 0 unspecified atom stereocenters. The van der Waals surface area contributed by atoms with E-state index in [4.69, 9.17) is 14.4 Å². The van der Waals surface area contributed by atoms with E-state index in [2.05, 4.69) is 194 Å². The summed E-state index contributed by atoms with van der Waals surface area (Å²) in [6.45, 7) is 0. The summed E-state index contributed by atoms with van der Waals surface area (Å²) in [5.74, 6) is 0.673. The third-order valence-electron chi connectivity index (χ3n) is 13.0. The Morgan fingerprint density at radius 2 is 0.817 bits per heavy atom. The van der Waals surface area contributed by atoms with Crippen LogP contribution >= 0.6 is 0 Å². The second-order valence-electron chi connectivity index (χ2n) is 15.9. The summed E-state index contributed by atoms with van der Waals surface area (Å²) < 4.78 is 6.66. The molecule has 0 saturated carbocycles. The number of aromatic nitrogens is 2. The zero-order chi connectivity index (χ0) is 39.4. The zero-order valence-electron chi connectivity index (χ0n) is 32.4. The maximum absolute atomic E-state index is 6.66. The van der Waals surface area contributed by atoms with Crippen molar-refractivity contribution in [3.63, 3.8) is 0 Å². The van der Waals surface area contributed by atoms with E-state index in [9.17, 15) is 0 Å². The minimum atomic E-state index is -0.476. The molecular formula is C57H34N2O. The van der Waals surface area contributed by atoms with Gasteiger partial charge in [-0.2, -0.15) is 0 Å². The number of para-hydroxylation sites is 2. The summed E-state index contributed by atoms with van der Waals surface area (Å²) in [7, 11) is 0. The van der Waals surface area contributed by atoms with Crippen molar-refractivity contribution in [2.75, 3.05) is 0 Å². The second kappa shape index (κ2) is 12.6. The van der Waals surface area contributed by atoms with E-state index in [0.29, 0.717) is 5.82 Å². The SMILES string of the molecule is c1ccc(-c2cccc3ccccc23)c(-c2cc(-c3cccc4c3oc3ccccc34)nc(-c3cccc4c3-c3ccccc3C43c4ccccc4-c4ccccc43)n2)c1. The number of benzene rings is 9. The van der Waals surface area contributed by atoms with Crippen molar-refractivity contribution in [2.45, 2.75) is 5.41 Å². The van der Waals surface area contributed by atoms with Crippen LogP contribution in [0.25, 0.3) is 100.0 Å². The molecule has 0 radical (unpaired) electrons. The molecule has 2 aliphatic rings. The van der Waals surface area contributed by atoms with Crippen LogP contribution in [0.3, 0.4) is 0 Å². The van der Waals surface area contributed by atoms with Gasteiger partial charge in [0.25, 0.3) is 0 Å². The molecule has 9 aromatic carbocycles. The maximum atomic E-state index is 6.66. The van der Waals surface area contributed by atoms with E-state index in [1.54, 1.807) is 0 Å². The van der Waals surface area contributed by atoms with Crippen LogP contribution in [0.5, 0.6) is 0 Å². The van der Waals surface area contributed by atoms with Crippen molar-refractivity contribution >= 4 is 32.7 Å². The first-order valence-corrected chi connectivity index (χ1v) is 20.6. The minimum Gasteiger partial charge on any atom is -0.455 e. The molecule has 2 aliphatic carbocycles. The summed E-state index contributed by atoms with van der Waals surface area (Å²) in [6, 6.07) is 74.1. The first-order chi connectivity index (χ1) is 29.8. The molecule has 0 saturated heterocycles. The minimum absolute atomic E-state index is 0.476. The Labute approximate surface area is 346 Å². The molecule has 0 fully saturated rings. The average Bonchev–Trinajstić information content (AvgIpc) is 3.96. The van der Waals surface area contributed by atoms with Crippen LogP contribution in [0.4, 0.5) is 0 Å². The topological polar surface area (TPSA) is 38.9 Å². The molecule has 278 valence electrons. The Hall–Kier alpha value is -7.88. The summed E-state index contributed by atoms with van der Waals surface area (Å²) >= 11 is 0. The van der Waals surface area contributed by atoms with Gasteiger partial charge in [0.2, 0.25) is 0 Å². The molecule has 0 aliphatic heterocycles. The molecule has 11 aromatic rings. The summed E-state index contributed by atoms with van der Waals surface area (Å²) in [5.41, 5.74) is 18.2. The molecule has 60 heavy (non-hydrogen) atoms. The van der Waals surface area contributed by atoms with Gasteiger partial charge in [0, 0.05) is 27.5 Å². The van der Waals surface area contributed by atoms with Gasteiger partial charge in [0.15, 0.2) is 5.82 Å². The van der Waals surface area contributed by atoms with Crippen molar-refractivity contribution in [3.05, 3.63) is 229 Å². The number of nitrogens with zero attached hydrogens (tertiary/aromatic N) is 2. The highest BCUT2D eigenvalue weighted by atomic mass is 16.3. The van der Waals surface area contributed by atoms with Crippen LogP contribution in [0.2, 0.25) is 0 Å². The smallest absolute Gasteiger partial charge is 0.161 e. The van der Waals surface area contributed by atoms with Gasteiger partial charge in [-0.05, 0) is 84.6 Å². The molecule has 13 rings (SSSR count). The lowest BCUT2D eigenvalue weighted by Gasteiger charge is -2.30. The van der Waals surface area contributed by atoms with Gasteiger partial charge >= 0.3 is 0 Å². The standard InChI is InChI=1S/C57H34N2O/c1-2-18-36-35(16-1)17-13-25-37(36)38-19-3-4-22-41(38)51-34-52(45-27-14-26-43-42-23-8-12-33-53(42)60-55(43)45)59-56(58-51)46-28-15-32-50-54(46)44-24-7-11-31-49(44)57(50)47-29-9-5-20-39(47)40-21-6-10-30-48(40)57/h1-34H. The average molecular weight is 763 g/mol. The van der Waals surface area contributed by atoms with Gasteiger partial charge in [-0.25, -0.2) is 9.97 Å². The predicted octanol–water partition coefficient (Wildman–Crippen LogP) is 14.5. The van der Waals surface area contributed by atoms with Gasteiger partial charge in [-0.3, -0.25) is 0 Å². The molecule has 1 spiro atoms. The van der Waals surface area contributed by atoms with Crippen LogP contribution in [-0.4, -0.2) is 9.97 Å². The van der Waals surface area contributed by atoms with Gasteiger partial charge in [0.05, 0.1) is 16.8 Å². The lowest BCUT2D eigenvalue weighted by atomic mass is 9.70. The molecular weight excluding hydrogens is 729 g/mol. The molecule has 0 N–H and O–H groups in total. The van der Waals surface area contributed by atoms with Crippen molar-refractivity contribution < 1.29 is 4.42 Å². The van der Waals surface area contributed by atoms with E-state index in [-0.39, 0.29) is 0 Å². The van der Waals surface area contributed by atoms with E-state index in [1.807, 2.05) is 12.1 Å². The Morgan fingerprint density at radius 1 is 0.333 bits per heavy atom. The third-order valence-corrected chi connectivity index (χ3v) is 13.0. The number of fused-ring (bicyclic) bond motifs is 14. The Morgan fingerprint density at radius 3 is 1.60 bits per heavy atom. The number of hydrogen-bond donors (Lipinski definition) is 0. The monoisotopic (exact) mass is 762 g/mol. The fraction of sp³-hybridized carbons (Fsp3) is 0.0175. The fourth-order valence-electron chi connectivity index (χ4n) is 10.5. The van der Waals surface area contributed by atoms with Crippen LogP contribution in [-0.2, 0) is 5.41 Å². The highest BCUT2D eigenvalue weighted by Gasteiger charge is 2.52. The van der Waals surface area contributed by atoms with Gasteiger partial charge < -0.3 is 4.42 Å². The van der Waals surface area contributed by atoms with Gasteiger partial charge in [0.1, 0.15) is 11.2 Å². The van der Waals surface area contributed by atoms with Crippen LogP contribution in [0.1, 0.15) is 22.3 Å². The second-order valence-corrected chi connectivity index (χ2v) is 15.9. The third kappa shape index (κ3) is 4.49. The summed E-state index contributed by atoms with van der Waals surface area (Å²) in [4.78, 5) is 11.2. The van der Waals surface area contributed by atoms with Crippen LogP contribution in [0, 0.1) is 0 Å². The molecule has 3 heteroatoms. The molecule has 3 nitrogen and oxygen atoms in total. The van der Waals surface area contributed by atoms with E-state index in [0.717, 1.165) is 55.6 Å². The van der Waals surface area contributed by atoms with Crippen molar-refractivity contribution in [1.82, 2.24) is 9.97 Å². The van der Waals surface area contributed by atoms with E-state index >= 15 is 0 Å². The quantitative estimate of drug-likeness (QED) is 0.179. The normalized spacial score (nSPS) is 13.1. The Kier molecular flexibility index (Phi) is 6.93. The van der Waals surface area contributed by atoms with Crippen molar-refractivity contribution in [2.24, 2.45) is 0 Å². The summed E-state index contributed by atoms with van der Waals surface area (Å²) in [6.07, 6.45) is 0. The molecule has 0 atom stereocenters. The highest BCUT2D eigenvalue weighted by molar-refractivity contribution is 6.10. The Balaban J connectivity index is 1.11. The lowest BCUT2D eigenvalue weighted by Crippen LogP contribution is -2.25. The lowest BCUT2D eigenvalue weighted by molar-refractivity contribution is 0.670. The first kappa shape index (κ1) is 33.1. The fourth-order valence-corrected chi connectivity index (χ4v) is 10.5. The summed E-state index contributed by atoms with van der Waals surface area (Å²) in [5, 5.41) is 4.56. The van der Waals surface area contributed by atoms with Crippen LogP contribution < -0.4 is 0 Å². The largest absolute Gasteiger partial charge is 0.455 e. The van der Waals surface area contributed by atoms with Gasteiger partial charge in [-0.15, -0.1) is 0 Å². The molecule has 0 bridgehead atoms. The molecule has 2 aromatic heterocycles. The number of rotatable bonds is 4. The molecule has 2 heterocycles. The maximum Gasteiger partial charge on any atom is 0.161 e. The van der Waals surface area contributed by atoms with Crippen LogP contribution in [0.15, 0.2) is 211 Å².